The second-order valence-corrected chi connectivity index (χ2v) is 5.21. The largest absolute Gasteiger partial charge is 0.379 e. The molecule has 2 N–H and O–H groups in total. The molecule has 0 aromatic heterocycles. The molecule has 0 aliphatic rings. The summed E-state index contributed by atoms with van der Waals surface area (Å²) in [6.45, 7) is 3.11. The summed E-state index contributed by atoms with van der Waals surface area (Å²) in [5.74, 6) is 0.391. The van der Waals surface area contributed by atoms with Gasteiger partial charge in [-0.15, -0.1) is 0 Å². The Morgan fingerprint density at radius 2 is 1.92 bits per heavy atom. The molecule has 0 saturated heterocycles. The van der Waals surface area contributed by atoms with Gasteiger partial charge in [0.2, 0.25) is 0 Å². The van der Waals surface area contributed by atoms with Crippen LogP contribution in [0.1, 0.15) is 19.8 Å². The highest BCUT2D eigenvalue weighted by molar-refractivity contribution is 7.91. The van der Waals surface area contributed by atoms with Crippen LogP contribution in [0.3, 0.4) is 0 Å². The third-order valence-corrected chi connectivity index (χ3v) is 3.31. The zero-order valence-corrected chi connectivity index (χ0v) is 8.98. The number of sulfone groups is 1. The summed E-state index contributed by atoms with van der Waals surface area (Å²) in [7, 11) is -2.89. The number of hydrogen-bond donors (Lipinski definition) is 1. The van der Waals surface area contributed by atoms with Gasteiger partial charge in [-0.1, -0.05) is 13.3 Å². The fourth-order valence-corrected chi connectivity index (χ4v) is 2.14. The minimum Gasteiger partial charge on any atom is -0.379 e. The molecule has 0 amide bonds. The van der Waals surface area contributed by atoms with Crippen molar-refractivity contribution >= 4 is 9.84 Å². The topological polar surface area (TPSA) is 69.4 Å². The molecule has 0 atom stereocenters. The van der Waals surface area contributed by atoms with Gasteiger partial charge in [0.15, 0.2) is 9.84 Å². The van der Waals surface area contributed by atoms with E-state index in [1.54, 1.807) is 0 Å². The standard InChI is InChI=1S/C8H19NO3S/c1-2-3-7-13(10,11)8-6-12-5-4-9/h2-9H2,1H3. The third-order valence-electron chi connectivity index (χ3n) is 1.61. The number of unbranched alkanes of at least 4 members (excludes halogenated alkanes) is 1. The van der Waals surface area contributed by atoms with Crippen molar-refractivity contribution in [2.75, 3.05) is 31.3 Å². The molecule has 0 spiro atoms. The SMILES string of the molecule is CCCCS(=O)(=O)CCOCCN. The van der Waals surface area contributed by atoms with E-state index in [1.165, 1.54) is 0 Å². The van der Waals surface area contributed by atoms with Crippen molar-refractivity contribution in [1.29, 1.82) is 0 Å². The second kappa shape index (κ2) is 7.29. The van der Waals surface area contributed by atoms with Crippen molar-refractivity contribution in [2.45, 2.75) is 19.8 Å². The fraction of sp³-hybridized carbons (Fsp3) is 1.00. The summed E-state index contributed by atoms with van der Waals surface area (Å²) in [5.41, 5.74) is 5.18. The Hall–Kier alpha value is -0.130. The van der Waals surface area contributed by atoms with Crippen LogP contribution in [0.2, 0.25) is 0 Å². The zero-order chi connectivity index (χ0) is 10.2. The molecular formula is C8H19NO3S. The minimum absolute atomic E-state index is 0.118. The summed E-state index contributed by atoms with van der Waals surface area (Å²) >= 11 is 0. The first-order valence-electron chi connectivity index (χ1n) is 4.60. The van der Waals surface area contributed by atoms with E-state index in [0.717, 1.165) is 12.8 Å². The van der Waals surface area contributed by atoms with Crippen LogP contribution in [0.15, 0.2) is 0 Å². The molecule has 0 rings (SSSR count). The highest BCUT2D eigenvalue weighted by Gasteiger charge is 2.08. The lowest BCUT2D eigenvalue weighted by molar-refractivity contribution is 0.157. The maximum absolute atomic E-state index is 11.2. The molecule has 13 heavy (non-hydrogen) atoms. The molecule has 0 aromatic carbocycles. The van der Waals surface area contributed by atoms with E-state index in [9.17, 15) is 8.42 Å². The molecule has 80 valence electrons. The van der Waals surface area contributed by atoms with Gasteiger partial charge in [0, 0.05) is 6.54 Å². The summed E-state index contributed by atoms with van der Waals surface area (Å²) in [4.78, 5) is 0. The van der Waals surface area contributed by atoms with Crippen LogP contribution in [0.5, 0.6) is 0 Å². The molecular weight excluding hydrogens is 190 g/mol. The van der Waals surface area contributed by atoms with Gasteiger partial charge in [-0.05, 0) is 6.42 Å². The molecule has 5 heteroatoms. The fourth-order valence-electron chi connectivity index (χ4n) is 0.838. The van der Waals surface area contributed by atoms with Gasteiger partial charge >= 0.3 is 0 Å². The van der Waals surface area contributed by atoms with E-state index in [-0.39, 0.29) is 18.1 Å². The van der Waals surface area contributed by atoms with Gasteiger partial charge in [-0.3, -0.25) is 0 Å². The lowest BCUT2D eigenvalue weighted by atomic mass is 10.4. The van der Waals surface area contributed by atoms with Crippen LogP contribution in [-0.2, 0) is 14.6 Å². The Bertz CT molecular complexity index is 201. The van der Waals surface area contributed by atoms with E-state index < -0.39 is 9.84 Å². The van der Waals surface area contributed by atoms with Crippen LogP contribution in [0, 0.1) is 0 Å². The Morgan fingerprint density at radius 1 is 1.23 bits per heavy atom. The van der Waals surface area contributed by atoms with Gasteiger partial charge in [0.25, 0.3) is 0 Å². The molecule has 0 saturated carbocycles. The third kappa shape index (κ3) is 8.21. The average Bonchev–Trinajstić information content (AvgIpc) is 2.09. The summed E-state index contributed by atoms with van der Waals surface area (Å²) in [6.07, 6.45) is 1.64. The maximum atomic E-state index is 11.2. The van der Waals surface area contributed by atoms with Crippen LogP contribution < -0.4 is 5.73 Å². The number of rotatable bonds is 8. The van der Waals surface area contributed by atoms with Gasteiger partial charge in [-0.2, -0.15) is 0 Å². The second-order valence-electron chi connectivity index (χ2n) is 2.91. The predicted molar refractivity (Wildman–Crippen MR) is 53.4 cm³/mol. The Kier molecular flexibility index (Phi) is 7.22. The van der Waals surface area contributed by atoms with Crippen molar-refractivity contribution in [1.82, 2.24) is 0 Å². The Morgan fingerprint density at radius 3 is 2.46 bits per heavy atom. The molecule has 0 aliphatic carbocycles. The average molecular weight is 209 g/mol. The smallest absolute Gasteiger partial charge is 0.152 e. The highest BCUT2D eigenvalue weighted by atomic mass is 32.2. The molecule has 0 aliphatic heterocycles. The van der Waals surface area contributed by atoms with Crippen LogP contribution in [-0.4, -0.2) is 39.7 Å². The molecule has 0 radical (unpaired) electrons. The predicted octanol–water partition coefficient (Wildman–Crippen LogP) is 0.177. The lowest BCUT2D eigenvalue weighted by Crippen LogP contribution is -2.18. The molecule has 4 nitrogen and oxygen atoms in total. The van der Waals surface area contributed by atoms with Gasteiger partial charge < -0.3 is 10.5 Å². The van der Waals surface area contributed by atoms with Gasteiger partial charge in [0.1, 0.15) is 0 Å². The Labute approximate surface area is 80.4 Å². The first-order valence-corrected chi connectivity index (χ1v) is 6.42. The Balaban J connectivity index is 3.52. The monoisotopic (exact) mass is 209 g/mol. The van der Waals surface area contributed by atoms with Crippen molar-refractivity contribution < 1.29 is 13.2 Å². The summed E-state index contributed by atoms with van der Waals surface area (Å²) in [5, 5.41) is 0. The normalized spacial score (nSPS) is 11.8. The van der Waals surface area contributed by atoms with Crippen molar-refractivity contribution in [2.24, 2.45) is 5.73 Å². The molecule has 0 bridgehead atoms. The first kappa shape index (κ1) is 12.9. The van der Waals surface area contributed by atoms with E-state index in [1.807, 2.05) is 6.92 Å². The lowest BCUT2D eigenvalue weighted by Gasteiger charge is -2.03. The highest BCUT2D eigenvalue weighted by Crippen LogP contribution is 1.96. The van der Waals surface area contributed by atoms with Gasteiger partial charge in [0.05, 0.1) is 24.7 Å². The van der Waals surface area contributed by atoms with E-state index in [0.29, 0.717) is 13.2 Å². The van der Waals surface area contributed by atoms with E-state index in [2.05, 4.69) is 0 Å². The molecule has 0 heterocycles. The zero-order valence-electron chi connectivity index (χ0n) is 8.16. The molecule has 0 aromatic rings. The minimum atomic E-state index is -2.89. The van der Waals surface area contributed by atoms with Gasteiger partial charge in [-0.25, -0.2) is 8.42 Å². The maximum Gasteiger partial charge on any atom is 0.152 e. The summed E-state index contributed by atoms with van der Waals surface area (Å²) < 4.78 is 27.5. The van der Waals surface area contributed by atoms with Crippen LogP contribution in [0.25, 0.3) is 0 Å². The quantitative estimate of drug-likeness (QED) is 0.579. The van der Waals surface area contributed by atoms with Crippen molar-refractivity contribution in [3.63, 3.8) is 0 Å². The van der Waals surface area contributed by atoms with Crippen molar-refractivity contribution in [3.05, 3.63) is 0 Å². The molecule has 0 unspecified atom stereocenters. The number of nitrogens with two attached hydrogens (primary N) is 1. The van der Waals surface area contributed by atoms with E-state index >= 15 is 0 Å². The van der Waals surface area contributed by atoms with Crippen molar-refractivity contribution in [3.8, 4) is 0 Å². The summed E-state index contributed by atoms with van der Waals surface area (Å²) in [6, 6.07) is 0. The molecule has 0 fully saturated rings. The number of ether oxygens (including phenoxy) is 1. The van der Waals surface area contributed by atoms with Crippen LogP contribution in [0.4, 0.5) is 0 Å². The number of hydrogen-bond acceptors (Lipinski definition) is 4. The first-order chi connectivity index (χ1) is 6.12. The van der Waals surface area contributed by atoms with E-state index in [4.69, 9.17) is 10.5 Å². The van der Waals surface area contributed by atoms with Crippen LogP contribution >= 0.6 is 0 Å².